The standard InChI is InChI=1S/C10H16ClN5O2/c1-16(2)10(17)13-5-4-12-8-7(11)6-14-9(15-8)18-3/h6H,4-5H2,1-3H3,(H,13,17)(H,12,14,15). The van der Waals surface area contributed by atoms with Crippen LogP contribution in [0.5, 0.6) is 6.01 Å². The monoisotopic (exact) mass is 273 g/mol. The fraction of sp³-hybridized carbons (Fsp3) is 0.500. The fourth-order valence-corrected chi connectivity index (χ4v) is 1.24. The molecular formula is C10H16ClN5O2. The van der Waals surface area contributed by atoms with Crippen molar-refractivity contribution in [3.63, 3.8) is 0 Å². The Hall–Kier alpha value is -1.76. The van der Waals surface area contributed by atoms with E-state index in [9.17, 15) is 4.79 Å². The topological polar surface area (TPSA) is 79.4 Å². The molecule has 0 fully saturated rings. The van der Waals surface area contributed by atoms with Gasteiger partial charge in [-0.15, -0.1) is 0 Å². The number of urea groups is 1. The number of nitrogens with zero attached hydrogens (tertiary/aromatic N) is 3. The van der Waals surface area contributed by atoms with Crippen LogP contribution in [0.3, 0.4) is 0 Å². The molecule has 2 N–H and O–H groups in total. The number of aromatic nitrogens is 2. The first kappa shape index (κ1) is 14.3. The Bertz CT molecular complexity index is 413. The number of anilines is 1. The molecule has 0 spiro atoms. The van der Waals surface area contributed by atoms with E-state index < -0.39 is 0 Å². The number of carbonyl (C=O) groups is 1. The van der Waals surface area contributed by atoms with Crippen LogP contribution in [-0.2, 0) is 0 Å². The van der Waals surface area contributed by atoms with Crippen molar-refractivity contribution >= 4 is 23.4 Å². The molecule has 0 bridgehead atoms. The normalized spacial score (nSPS) is 9.78. The molecule has 1 heterocycles. The molecule has 0 aliphatic rings. The molecule has 0 aliphatic carbocycles. The van der Waals surface area contributed by atoms with Gasteiger partial charge >= 0.3 is 12.0 Å². The summed E-state index contributed by atoms with van der Waals surface area (Å²) >= 11 is 5.91. The lowest BCUT2D eigenvalue weighted by molar-refractivity contribution is 0.218. The number of ether oxygens (including phenoxy) is 1. The van der Waals surface area contributed by atoms with Crippen molar-refractivity contribution in [2.24, 2.45) is 0 Å². The number of rotatable bonds is 5. The molecule has 0 saturated heterocycles. The number of amides is 2. The zero-order chi connectivity index (χ0) is 13.5. The van der Waals surface area contributed by atoms with E-state index in [1.54, 1.807) is 14.1 Å². The van der Waals surface area contributed by atoms with Gasteiger partial charge in [0, 0.05) is 27.2 Å². The predicted octanol–water partition coefficient (Wildman–Crippen LogP) is 0.822. The zero-order valence-corrected chi connectivity index (χ0v) is 11.3. The van der Waals surface area contributed by atoms with Gasteiger partial charge in [0.05, 0.1) is 13.3 Å². The van der Waals surface area contributed by atoms with Gasteiger partial charge in [-0.2, -0.15) is 4.98 Å². The average Bonchev–Trinajstić information content (AvgIpc) is 2.36. The summed E-state index contributed by atoms with van der Waals surface area (Å²) in [5.41, 5.74) is 0. The summed E-state index contributed by atoms with van der Waals surface area (Å²) in [4.78, 5) is 20.6. The highest BCUT2D eigenvalue weighted by Gasteiger charge is 2.05. The SMILES string of the molecule is COc1ncc(Cl)c(NCCNC(=O)N(C)C)n1. The van der Waals surface area contributed by atoms with Crippen LogP contribution in [0.15, 0.2) is 6.20 Å². The van der Waals surface area contributed by atoms with Crippen LogP contribution in [0.4, 0.5) is 10.6 Å². The number of hydrogen-bond donors (Lipinski definition) is 2. The van der Waals surface area contributed by atoms with E-state index in [2.05, 4.69) is 20.6 Å². The molecule has 8 heteroatoms. The molecule has 1 aromatic heterocycles. The average molecular weight is 274 g/mol. The van der Waals surface area contributed by atoms with Gasteiger partial charge in [-0.3, -0.25) is 0 Å². The van der Waals surface area contributed by atoms with Crippen LogP contribution in [0.1, 0.15) is 0 Å². The smallest absolute Gasteiger partial charge is 0.318 e. The molecule has 1 aromatic rings. The highest BCUT2D eigenvalue weighted by molar-refractivity contribution is 6.32. The lowest BCUT2D eigenvalue weighted by Gasteiger charge is -2.12. The second-order valence-electron chi connectivity index (χ2n) is 3.61. The van der Waals surface area contributed by atoms with Gasteiger partial charge < -0.3 is 20.3 Å². The second-order valence-corrected chi connectivity index (χ2v) is 4.01. The number of hydrogen-bond acceptors (Lipinski definition) is 5. The Labute approximate surface area is 110 Å². The van der Waals surface area contributed by atoms with Crippen LogP contribution in [0.25, 0.3) is 0 Å². The van der Waals surface area contributed by atoms with Crippen molar-refractivity contribution in [3.05, 3.63) is 11.2 Å². The Balaban J connectivity index is 2.41. The lowest BCUT2D eigenvalue weighted by atomic mass is 10.5. The van der Waals surface area contributed by atoms with Gasteiger partial charge in [-0.25, -0.2) is 9.78 Å². The van der Waals surface area contributed by atoms with Crippen LogP contribution in [-0.4, -0.2) is 55.2 Å². The van der Waals surface area contributed by atoms with Crippen molar-refractivity contribution in [2.75, 3.05) is 39.6 Å². The van der Waals surface area contributed by atoms with Crippen molar-refractivity contribution in [1.82, 2.24) is 20.2 Å². The van der Waals surface area contributed by atoms with Gasteiger partial charge in [0.1, 0.15) is 5.02 Å². The second kappa shape index (κ2) is 6.85. The first-order valence-corrected chi connectivity index (χ1v) is 5.68. The van der Waals surface area contributed by atoms with Crippen LogP contribution < -0.4 is 15.4 Å². The van der Waals surface area contributed by atoms with Crippen molar-refractivity contribution in [2.45, 2.75) is 0 Å². The number of nitrogens with one attached hydrogen (secondary N) is 2. The third-order valence-corrected chi connectivity index (χ3v) is 2.28. The third kappa shape index (κ3) is 4.25. The summed E-state index contributed by atoms with van der Waals surface area (Å²) in [6.45, 7) is 0.957. The van der Waals surface area contributed by atoms with Crippen LogP contribution in [0.2, 0.25) is 5.02 Å². The van der Waals surface area contributed by atoms with E-state index in [1.165, 1.54) is 18.2 Å². The van der Waals surface area contributed by atoms with Gasteiger partial charge in [0.15, 0.2) is 5.82 Å². The summed E-state index contributed by atoms with van der Waals surface area (Å²) in [7, 11) is 4.83. The molecular weight excluding hydrogens is 258 g/mol. The van der Waals surface area contributed by atoms with E-state index in [0.29, 0.717) is 23.9 Å². The summed E-state index contributed by atoms with van der Waals surface area (Å²) in [5.74, 6) is 0.475. The Morgan fingerprint density at radius 3 is 2.83 bits per heavy atom. The van der Waals surface area contributed by atoms with E-state index in [4.69, 9.17) is 16.3 Å². The fourth-order valence-electron chi connectivity index (χ4n) is 1.08. The lowest BCUT2D eigenvalue weighted by Crippen LogP contribution is -2.37. The summed E-state index contributed by atoms with van der Waals surface area (Å²) in [5, 5.41) is 6.09. The van der Waals surface area contributed by atoms with E-state index in [0.717, 1.165) is 0 Å². The summed E-state index contributed by atoms with van der Waals surface area (Å²) < 4.78 is 4.89. The number of halogens is 1. The van der Waals surface area contributed by atoms with E-state index >= 15 is 0 Å². The van der Waals surface area contributed by atoms with Crippen molar-refractivity contribution < 1.29 is 9.53 Å². The molecule has 0 aromatic carbocycles. The maximum absolute atomic E-state index is 11.2. The molecule has 0 atom stereocenters. The molecule has 7 nitrogen and oxygen atoms in total. The van der Waals surface area contributed by atoms with Crippen LogP contribution >= 0.6 is 11.6 Å². The largest absolute Gasteiger partial charge is 0.467 e. The number of methoxy groups -OCH3 is 1. The molecule has 100 valence electrons. The molecule has 0 radical (unpaired) electrons. The van der Waals surface area contributed by atoms with Crippen molar-refractivity contribution in [3.8, 4) is 6.01 Å². The maximum Gasteiger partial charge on any atom is 0.318 e. The molecule has 0 unspecified atom stereocenters. The molecule has 1 rings (SSSR count). The van der Waals surface area contributed by atoms with Gasteiger partial charge in [0.2, 0.25) is 0 Å². The first-order chi connectivity index (χ1) is 8.54. The zero-order valence-electron chi connectivity index (χ0n) is 10.5. The minimum atomic E-state index is -0.150. The van der Waals surface area contributed by atoms with Gasteiger partial charge in [0.25, 0.3) is 0 Å². The number of carbonyl (C=O) groups excluding carboxylic acids is 1. The minimum Gasteiger partial charge on any atom is -0.467 e. The Morgan fingerprint density at radius 1 is 1.50 bits per heavy atom. The molecule has 0 aliphatic heterocycles. The van der Waals surface area contributed by atoms with E-state index in [-0.39, 0.29) is 12.0 Å². The quantitative estimate of drug-likeness (QED) is 0.777. The Morgan fingerprint density at radius 2 is 2.22 bits per heavy atom. The maximum atomic E-state index is 11.2. The third-order valence-electron chi connectivity index (χ3n) is 2.00. The molecule has 0 saturated carbocycles. The molecule has 2 amide bonds. The highest BCUT2D eigenvalue weighted by Crippen LogP contribution is 2.19. The van der Waals surface area contributed by atoms with Gasteiger partial charge in [-0.05, 0) is 0 Å². The summed E-state index contributed by atoms with van der Waals surface area (Å²) in [6, 6.07) is 0.0855. The molecule has 18 heavy (non-hydrogen) atoms. The minimum absolute atomic E-state index is 0.150. The Kier molecular flexibility index (Phi) is 5.44. The van der Waals surface area contributed by atoms with Crippen LogP contribution in [0, 0.1) is 0 Å². The van der Waals surface area contributed by atoms with Crippen molar-refractivity contribution in [1.29, 1.82) is 0 Å². The highest BCUT2D eigenvalue weighted by atomic mass is 35.5. The first-order valence-electron chi connectivity index (χ1n) is 5.30. The van der Waals surface area contributed by atoms with Gasteiger partial charge in [-0.1, -0.05) is 11.6 Å². The predicted molar refractivity (Wildman–Crippen MR) is 69.2 cm³/mol. The van der Waals surface area contributed by atoms with E-state index in [1.807, 2.05) is 0 Å². The summed E-state index contributed by atoms with van der Waals surface area (Å²) in [6.07, 6.45) is 1.45.